The van der Waals surface area contributed by atoms with Crippen molar-refractivity contribution >= 4 is 11.7 Å². The van der Waals surface area contributed by atoms with Crippen LogP contribution in [-0.2, 0) is 9.53 Å². The first-order valence-corrected chi connectivity index (χ1v) is 9.34. The molecule has 0 spiro atoms. The molecule has 1 unspecified atom stereocenters. The molecule has 2 heterocycles. The number of carbonyl (C=O) groups excluding carboxylic acids is 1. The maximum Gasteiger partial charge on any atom is 0.239 e. The Bertz CT molecular complexity index is 910. The smallest absolute Gasteiger partial charge is 0.239 e. The second-order valence-corrected chi connectivity index (χ2v) is 7.34. The molecule has 2 aromatic rings. The molecule has 1 aromatic heterocycles. The summed E-state index contributed by atoms with van der Waals surface area (Å²) >= 11 is 0. The van der Waals surface area contributed by atoms with Crippen LogP contribution in [0.15, 0.2) is 24.3 Å². The number of carbonyl (C=O) groups is 1. The fourth-order valence-corrected chi connectivity index (χ4v) is 3.65. The van der Waals surface area contributed by atoms with E-state index in [1.807, 2.05) is 25.8 Å². The molecule has 0 aliphatic carbocycles. The maximum atomic E-state index is 13.8. The van der Waals surface area contributed by atoms with E-state index in [0.717, 1.165) is 37.4 Å². The van der Waals surface area contributed by atoms with Crippen molar-refractivity contribution in [2.45, 2.75) is 20.3 Å². The molecular weight excluding hydrogens is 359 g/mol. The number of hydrogen-bond acceptors (Lipinski definition) is 4. The Morgan fingerprint density at radius 2 is 2.25 bits per heavy atom. The summed E-state index contributed by atoms with van der Waals surface area (Å²) in [6.07, 6.45) is 1.01. The van der Waals surface area contributed by atoms with Crippen LogP contribution < -0.4 is 5.32 Å². The lowest BCUT2D eigenvalue weighted by Crippen LogP contribution is -2.34. The number of likely N-dealkylation sites (N-methyl/N-ethyl adjacent to an activating group) is 1. The number of benzene rings is 1. The summed E-state index contributed by atoms with van der Waals surface area (Å²) in [6.45, 7) is 6.16. The van der Waals surface area contributed by atoms with Crippen LogP contribution in [0.1, 0.15) is 23.2 Å². The summed E-state index contributed by atoms with van der Waals surface area (Å²) in [5, 5.41) is 12.5. The molecule has 0 bridgehead atoms. The number of nitrogens with zero attached hydrogens (tertiary/aromatic N) is 3. The molecule has 6 nitrogen and oxygen atoms in total. The van der Waals surface area contributed by atoms with Crippen LogP contribution in [0.2, 0.25) is 0 Å². The fourth-order valence-electron chi connectivity index (χ4n) is 3.65. The van der Waals surface area contributed by atoms with Gasteiger partial charge in [-0.3, -0.25) is 14.3 Å². The lowest BCUT2D eigenvalue weighted by molar-refractivity contribution is -0.117. The predicted octanol–water partition coefficient (Wildman–Crippen LogP) is 3.01. The number of halogens is 1. The summed E-state index contributed by atoms with van der Waals surface area (Å²) in [4.78, 5) is 14.6. The third-order valence-electron chi connectivity index (χ3n) is 5.16. The number of nitriles is 1. The van der Waals surface area contributed by atoms with Crippen LogP contribution in [-0.4, -0.2) is 48.7 Å². The highest BCUT2D eigenvalue weighted by Crippen LogP contribution is 2.30. The highest BCUT2D eigenvalue weighted by atomic mass is 19.1. The molecule has 0 radical (unpaired) electrons. The topological polar surface area (TPSA) is 70.3 Å². The minimum atomic E-state index is -0.377. The summed E-state index contributed by atoms with van der Waals surface area (Å²) in [7, 11) is 1.89. The van der Waals surface area contributed by atoms with E-state index in [0.29, 0.717) is 23.0 Å². The average molecular weight is 384 g/mol. The second-order valence-electron chi connectivity index (χ2n) is 7.34. The van der Waals surface area contributed by atoms with E-state index in [9.17, 15) is 14.4 Å². The van der Waals surface area contributed by atoms with Gasteiger partial charge in [-0.05, 0) is 57.0 Å². The molecule has 1 aliphatic rings. The lowest BCUT2D eigenvalue weighted by atomic mass is 10.1. The predicted molar refractivity (Wildman–Crippen MR) is 105 cm³/mol. The molecule has 0 saturated carbocycles. The minimum Gasteiger partial charge on any atom is -0.381 e. The zero-order valence-electron chi connectivity index (χ0n) is 16.5. The number of nitrogens with one attached hydrogen (secondary N) is 1. The largest absolute Gasteiger partial charge is 0.381 e. The first kappa shape index (κ1) is 20.1. The first-order chi connectivity index (χ1) is 13.4. The number of aromatic nitrogens is 1. The maximum absolute atomic E-state index is 13.8. The molecule has 1 saturated heterocycles. The Hall–Kier alpha value is -2.69. The van der Waals surface area contributed by atoms with Gasteiger partial charge in [0, 0.05) is 18.8 Å². The van der Waals surface area contributed by atoms with Crippen LogP contribution in [0.3, 0.4) is 0 Å². The number of amides is 1. The normalized spacial score (nSPS) is 16.4. The standard InChI is InChI=1S/C21H25FN4O2/c1-14-15(2)26(18-6-4-5-17(22)9-18)21(19(14)10-23)24-20(27)12-25(3)11-16-7-8-28-13-16/h4-6,9,16H,7-8,11-13H2,1-3H3,(H,24,27). The Kier molecular flexibility index (Phi) is 6.12. The molecular formula is C21H25FN4O2. The molecule has 1 N–H and O–H groups in total. The minimum absolute atomic E-state index is 0.202. The van der Waals surface area contributed by atoms with Gasteiger partial charge >= 0.3 is 0 Å². The van der Waals surface area contributed by atoms with Crippen LogP contribution >= 0.6 is 0 Å². The van der Waals surface area contributed by atoms with Crippen LogP contribution in [0.5, 0.6) is 0 Å². The van der Waals surface area contributed by atoms with E-state index >= 15 is 0 Å². The van der Waals surface area contributed by atoms with Crippen molar-refractivity contribution < 1.29 is 13.9 Å². The Morgan fingerprint density at radius 3 is 2.89 bits per heavy atom. The summed E-state index contributed by atoms with van der Waals surface area (Å²) in [6, 6.07) is 8.27. The third kappa shape index (κ3) is 4.24. The van der Waals surface area contributed by atoms with Gasteiger partial charge in [-0.1, -0.05) is 6.07 Å². The van der Waals surface area contributed by atoms with Crippen molar-refractivity contribution in [1.82, 2.24) is 9.47 Å². The number of ether oxygens (including phenoxy) is 1. The van der Waals surface area contributed by atoms with E-state index in [1.54, 1.807) is 16.7 Å². The quantitative estimate of drug-likeness (QED) is 0.831. The molecule has 1 atom stereocenters. The van der Waals surface area contributed by atoms with E-state index in [-0.39, 0.29) is 18.3 Å². The first-order valence-electron chi connectivity index (χ1n) is 9.34. The Morgan fingerprint density at radius 1 is 1.46 bits per heavy atom. The zero-order valence-corrected chi connectivity index (χ0v) is 16.5. The van der Waals surface area contributed by atoms with Crippen molar-refractivity contribution in [2.75, 3.05) is 38.7 Å². The van der Waals surface area contributed by atoms with Gasteiger partial charge in [0.2, 0.25) is 5.91 Å². The molecule has 1 aliphatic heterocycles. The molecule has 1 fully saturated rings. The summed E-state index contributed by atoms with van der Waals surface area (Å²) < 4.78 is 20.9. The SMILES string of the molecule is Cc1c(C#N)c(NC(=O)CN(C)CC2CCOC2)n(-c2cccc(F)c2)c1C. The molecule has 3 rings (SSSR count). The molecule has 7 heteroatoms. The van der Waals surface area contributed by atoms with Crippen molar-refractivity contribution in [2.24, 2.45) is 5.92 Å². The van der Waals surface area contributed by atoms with Gasteiger partial charge in [0.25, 0.3) is 0 Å². The van der Waals surface area contributed by atoms with Crippen molar-refractivity contribution in [3.8, 4) is 11.8 Å². The molecule has 28 heavy (non-hydrogen) atoms. The third-order valence-corrected chi connectivity index (χ3v) is 5.16. The van der Waals surface area contributed by atoms with Gasteiger partial charge in [-0.2, -0.15) is 5.26 Å². The Labute approximate surface area is 164 Å². The van der Waals surface area contributed by atoms with Crippen LogP contribution in [0, 0.1) is 36.9 Å². The highest BCUT2D eigenvalue weighted by Gasteiger charge is 2.22. The van der Waals surface area contributed by atoms with Gasteiger partial charge in [-0.25, -0.2) is 4.39 Å². The Balaban J connectivity index is 1.83. The van der Waals surface area contributed by atoms with Gasteiger partial charge < -0.3 is 10.1 Å². The van der Waals surface area contributed by atoms with E-state index in [1.165, 1.54) is 12.1 Å². The number of hydrogen-bond donors (Lipinski definition) is 1. The second kappa shape index (κ2) is 8.55. The van der Waals surface area contributed by atoms with Crippen LogP contribution in [0.25, 0.3) is 5.69 Å². The summed E-state index contributed by atoms with van der Waals surface area (Å²) in [5.74, 6) is 0.226. The molecule has 148 valence electrons. The fraction of sp³-hybridized carbons (Fsp3) is 0.429. The highest BCUT2D eigenvalue weighted by molar-refractivity contribution is 5.93. The summed E-state index contributed by atoms with van der Waals surface area (Å²) in [5.41, 5.74) is 2.50. The van der Waals surface area contributed by atoms with Gasteiger partial charge in [0.1, 0.15) is 17.7 Å². The molecule has 1 aromatic carbocycles. The van der Waals surface area contributed by atoms with E-state index < -0.39 is 0 Å². The zero-order chi connectivity index (χ0) is 20.3. The van der Waals surface area contributed by atoms with Crippen LogP contribution in [0.4, 0.5) is 10.2 Å². The van der Waals surface area contributed by atoms with Crippen molar-refractivity contribution in [3.05, 3.63) is 46.9 Å². The van der Waals surface area contributed by atoms with Gasteiger partial charge in [0.05, 0.1) is 24.4 Å². The van der Waals surface area contributed by atoms with Crippen molar-refractivity contribution in [3.63, 3.8) is 0 Å². The van der Waals surface area contributed by atoms with Gasteiger partial charge in [0.15, 0.2) is 0 Å². The number of rotatable bonds is 6. The van der Waals surface area contributed by atoms with Crippen molar-refractivity contribution in [1.29, 1.82) is 5.26 Å². The number of anilines is 1. The average Bonchev–Trinajstić information content (AvgIpc) is 3.22. The lowest BCUT2D eigenvalue weighted by Gasteiger charge is -2.20. The van der Waals surface area contributed by atoms with E-state index in [4.69, 9.17) is 4.74 Å². The molecule has 1 amide bonds. The van der Waals surface area contributed by atoms with Gasteiger partial charge in [-0.15, -0.1) is 0 Å². The van der Waals surface area contributed by atoms with E-state index in [2.05, 4.69) is 11.4 Å². The monoisotopic (exact) mass is 384 g/mol.